The molecule has 18 heavy (non-hydrogen) atoms. The third kappa shape index (κ3) is 4.05. The van der Waals surface area contributed by atoms with Crippen molar-refractivity contribution in [2.75, 3.05) is 12.5 Å². The van der Waals surface area contributed by atoms with Crippen LogP contribution in [-0.2, 0) is 17.6 Å². The largest absolute Gasteiger partial charge is 0.462 e. The lowest BCUT2D eigenvalue weighted by atomic mass is 9.99. The van der Waals surface area contributed by atoms with Gasteiger partial charge in [0.15, 0.2) is 0 Å². The van der Waals surface area contributed by atoms with Gasteiger partial charge < -0.3 is 4.74 Å². The molecular weight excluding hydrogens is 250 g/mol. The van der Waals surface area contributed by atoms with E-state index >= 15 is 0 Å². The molecule has 1 aromatic rings. The van der Waals surface area contributed by atoms with Gasteiger partial charge in [0.2, 0.25) is 0 Å². The summed E-state index contributed by atoms with van der Waals surface area (Å²) >= 11 is 5.65. The third-order valence-electron chi connectivity index (χ3n) is 2.53. The van der Waals surface area contributed by atoms with Gasteiger partial charge in [0.05, 0.1) is 24.7 Å². The number of aryl methyl sites for hydroxylation is 1. The molecule has 0 atom stereocenters. The standard InChI is InChI=1S/C14H16ClNO2/c1-2-18-14(17)13-6-5-11(4-3-8-15)10-12(13)7-9-16/h5-6,10H,2-4,7-8H2,1H3. The third-order valence-corrected chi connectivity index (χ3v) is 2.80. The van der Waals surface area contributed by atoms with Gasteiger partial charge in [-0.1, -0.05) is 12.1 Å². The molecule has 1 rings (SSSR count). The molecule has 0 radical (unpaired) electrons. The number of carbonyl (C=O) groups is 1. The molecule has 3 nitrogen and oxygen atoms in total. The summed E-state index contributed by atoms with van der Waals surface area (Å²) in [6.45, 7) is 2.09. The van der Waals surface area contributed by atoms with Crippen LogP contribution >= 0.6 is 11.6 Å². The Balaban J connectivity index is 2.97. The zero-order chi connectivity index (χ0) is 13.4. The normalized spacial score (nSPS) is 9.83. The summed E-state index contributed by atoms with van der Waals surface area (Å²) in [5.74, 6) is 0.236. The summed E-state index contributed by atoms with van der Waals surface area (Å²) in [7, 11) is 0. The molecule has 0 aliphatic heterocycles. The molecule has 0 aromatic heterocycles. The summed E-state index contributed by atoms with van der Waals surface area (Å²) in [6, 6.07) is 7.58. The molecule has 1 aromatic carbocycles. The topological polar surface area (TPSA) is 50.1 Å². The van der Waals surface area contributed by atoms with Crippen LogP contribution in [0.25, 0.3) is 0 Å². The lowest BCUT2D eigenvalue weighted by Gasteiger charge is -2.08. The van der Waals surface area contributed by atoms with Crippen LogP contribution in [0.2, 0.25) is 0 Å². The van der Waals surface area contributed by atoms with Crippen LogP contribution in [0.3, 0.4) is 0 Å². The smallest absolute Gasteiger partial charge is 0.338 e. The second kappa shape index (κ2) is 7.73. The molecule has 0 amide bonds. The molecule has 0 aliphatic rings. The van der Waals surface area contributed by atoms with Gasteiger partial charge in [0.1, 0.15) is 0 Å². The van der Waals surface area contributed by atoms with E-state index in [0.717, 1.165) is 24.0 Å². The van der Waals surface area contributed by atoms with E-state index in [4.69, 9.17) is 21.6 Å². The number of halogens is 1. The maximum Gasteiger partial charge on any atom is 0.338 e. The van der Waals surface area contributed by atoms with Crippen molar-refractivity contribution in [2.24, 2.45) is 0 Å². The minimum Gasteiger partial charge on any atom is -0.462 e. The molecule has 0 fully saturated rings. The second-order valence-corrected chi connectivity index (χ2v) is 4.22. The molecule has 0 saturated heterocycles. The summed E-state index contributed by atoms with van der Waals surface area (Å²) in [5.41, 5.74) is 2.30. The van der Waals surface area contributed by atoms with E-state index in [1.165, 1.54) is 0 Å². The first kappa shape index (κ1) is 14.5. The van der Waals surface area contributed by atoms with Gasteiger partial charge in [-0.25, -0.2) is 4.79 Å². The number of hydrogen-bond donors (Lipinski definition) is 0. The number of carbonyl (C=O) groups excluding carboxylic acids is 1. The number of rotatable bonds is 6. The molecule has 4 heteroatoms. The molecule has 0 spiro atoms. The van der Waals surface area contributed by atoms with Crippen molar-refractivity contribution in [3.05, 3.63) is 34.9 Å². The highest BCUT2D eigenvalue weighted by Gasteiger charge is 2.12. The van der Waals surface area contributed by atoms with Crippen molar-refractivity contribution < 1.29 is 9.53 Å². The molecule has 0 unspecified atom stereocenters. The van der Waals surface area contributed by atoms with Gasteiger partial charge >= 0.3 is 5.97 Å². The van der Waals surface area contributed by atoms with Crippen LogP contribution < -0.4 is 0 Å². The van der Waals surface area contributed by atoms with Gasteiger partial charge in [-0.2, -0.15) is 5.26 Å². The Kier molecular flexibility index (Phi) is 6.24. The average Bonchev–Trinajstić information content (AvgIpc) is 2.37. The van der Waals surface area contributed by atoms with Crippen LogP contribution in [0, 0.1) is 11.3 Å². The predicted octanol–water partition coefficient (Wildman–Crippen LogP) is 3.10. The fraction of sp³-hybridized carbons (Fsp3) is 0.429. The molecule has 0 saturated carbocycles. The Labute approximate surface area is 112 Å². The highest BCUT2D eigenvalue weighted by atomic mass is 35.5. The molecule has 0 N–H and O–H groups in total. The van der Waals surface area contributed by atoms with E-state index in [1.807, 2.05) is 12.1 Å². The van der Waals surface area contributed by atoms with Crippen molar-refractivity contribution in [1.82, 2.24) is 0 Å². The number of esters is 1. The Morgan fingerprint density at radius 2 is 2.28 bits per heavy atom. The van der Waals surface area contributed by atoms with E-state index in [-0.39, 0.29) is 12.4 Å². The highest BCUT2D eigenvalue weighted by molar-refractivity contribution is 6.17. The second-order valence-electron chi connectivity index (χ2n) is 3.84. The Bertz CT molecular complexity index is 452. The van der Waals surface area contributed by atoms with Crippen molar-refractivity contribution in [1.29, 1.82) is 5.26 Å². The summed E-state index contributed by atoms with van der Waals surface area (Å²) in [5, 5.41) is 8.80. The zero-order valence-corrected chi connectivity index (χ0v) is 11.2. The Morgan fingerprint density at radius 1 is 1.50 bits per heavy atom. The van der Waals surface area contributed by atoms with Crippen molar-refractivity contribution in [3.63, 3.8) is 0 Å². The highest BCUT2D eigenvalue weighted by Crippen LogP contribution is 2.16. The lowest BCUT2D eigenvalue weighted by molar-refractivity contribution is 0.0525. The van der Waals surface area contributed by atoms with Crippen molar-refractivity contribution in [3.8, 4) is 6.07 Å². The Morgan fingerprint density at radius 3 is 2.89 bits per heavy atom. The zero-order valence-electron chi connectivity index (χ0n) is 10.4. The maximum absolute atomic E-state index is 11.7. The number of nitrogens with zero attached hydrogens (tertiary/aromatic N) is 1. The van der Waals surface area contributed by atoms with E-state index in [0.29, 0.717) is 18.1 Å². The lowest BCUT2D eigenvalue weighted by Crippen LogP contribution is -2.08. The minimum atomic E-state index is -0.369. The van der Waals surface area contributed by atoms with Crippen LogP contribution in [0.15, 0.2) is 18.2 Å². The van der Waals surface area contributed by atoms with E-state index in [1.54, 1.807) is 13.0 Å². The van der Waals surface area contributed by atoms with E-state index in [2.05, 4.69) is 6.07 Å². The fourth-order valence-corrected chi connectivity index (χ4v) is 1.85. The molecule has 0 bridgehead atoms. The van der Waals surface area contributed by atoms with Crippen LogP contribution in [0.4, 0.5) is 0 Å². The monoisotopic (exact) mass is 265 g/mol. The van der Waals surface area contributed by atoms with Crippen LogP contribution in [0.1, 0.15) is 34.8 Å². The SMILES string of the molecule is CCOC(=O)c1ccc(CCCCl)cc1CC#N. The first-order valence-corrected chi connectivity index (χ1v) is 6.48. The predicted molar refractivity (Wildman–Crippen MR) is 70.8 cm³/mol. The minimum absolute atomic E-state index is 0.211. The fourth-order valence-electron chi connectivity index (χ4n) is 1.71. The molecular formula is C14H16ClNO2. The van der Waals surface area contributed by atoms with Gasteiger partial charge in [-0.15, -0.1) is 11.6 Å². The number of alkyl halides is 1. The number of nitriles is 1. The number of hydrogen-bond acceptors (Lipinski definition) is 3. The molecule has 96 valence electrons. The van der Waals surface area contributed by atoms with Crippen LogP contribution in [-0.4, -0.2) is 18.5 Å². The van der Waals surface area contributed by atoms with Crippen LogP contribution in [0.5, 0.6) is 0 Å². The quantitative estimate of drug-likeness (QED) is 0.587. The summed E-state index contributed by atoms with van der Waals surface area (Å²) < 4.78 is 4.97. The first-order chi connectivity index (χ1) is 8.72. The summed E-state index contributed by atoms with van der Waals surface area (Å²) in [6.07, 6.45) is 1.94. The van der Waals surface area contributed by atoms with Gasteiger partial charge in [-0.3, -0.25) is 0 Å². The summed E-state index contributed by atoms with van der Waals surface area (Å²) in [4.78, 5) is 11.7. The number of ether oxygens (including phenoxy) is 1. The average molecular weight is 266 g/mol. The van der Waals surface area contributed by atoms with E-state index < -0.39 is 0 Å². The van der Waals surface area contributed by atoms with Crippen molar-refractivity contribution in [2.45, 2.75) is 26.2 Å². The van der Waals surface area contributed by atoms with Crippen molar-refractivity contribution >= 4 is 17.6 Å². The van der Waals surface area contributed by atoms with E-state index in [9.17, 15) is 4.79 Å². The van der Waals surface area contributed by atoms with Gasteiger partial charge in [-0.05, 0) is 37.0 Å². The first-order valence-electron chi connectivity index (χ1n) is 5.94. The maximum atomic E-state index is 11.7. The Hall–Kier alpha value is -1.53. The van der Waals surface area contributed by atoms with Gasteiger partial charge in [0, 0.05) is 5.88 Å². The van der Waals surface area contributed by atoms with Gasteiger partial charge in [0.25, 0.3) is 0 Å². The molecule has 0 aliphatic carbocycles. The molecule has 0 heterocycles. The number of benzene rings is 1.